The lowest BCUT2D eigenvalue weighted by atomic mass is 10.0. The summed E-state index contributed by atoms with van der Waals surface area (Å²) in [6.07, 6.45) is 0.610. The van der Waals surface area contributed by atoms with Gasteiger partial charge in [0.25, 0.3) is 0 Å². The molecule has 0 aliphatic rings. The summed E-state index contributed by atoms with van der Waals surface area (Å²) >= 11 is 0. The Balaban J connectivity index is 2.20. The van der Waals surface area contributed by atoms with Crippen LogP contribution in [0, 0.1) is 18.8 Å². The molecule has 2 N–H and O–H groups in total. The molecule has 0 radical (unpaired) electrons. The Morgan fingerprint density at radius 1 is 1.10 bits per heavy atom. The molecule has 4 nitrogen and oxygen atoms in total. The van der Waals surface area contributed by atoms with Crippen LogP contribution in [0.5, 0.6) is 0 Å². The fraction of sp³-hybridized carbons (Fsp3) is 0.0714. The van der Waals surface area contributed by atoms with E-state index < -0.39 is 11.9 Å². The van der Waals surface area contributed by atoms with Crippen molar-refractivity contribution in [3.05, 3.63) is 48.1 Å². The Morgan fingerprint density at radius 2 is 1.90 bits per heavy atom. The molecular weight excluding hydrogens is 262 g/mol. The van der Waals surface area contributed by atoms with Gasteiger partial charge in [-0.15, -0.1) is 0 Å². The molecule has 0 bridgehead atoms. The number of anilines is 1. The van der Waals surface area contributed by atoms with Gasteiger partial charge in [-0.1, -0.05) is 6.07 Å². The number of fused-ring (bicyclic) bond motifs is 1. The van der Waals surface area contributed by atoms with Crippen molar-refractivity contribution in [3.8, 4) is 11.1 Å². The number of benzene rings is 1. The molecule has 0 spiro atoms. The highest BCUT2D eigenvalue weighted by Gasteiger charge is 2.09. The quantitative estimate of drug-likeness (QED) is 0.692. The van der Waals surface area contributed by atoms with Crippen LogP contribution in [0.15, 0.2) is 30.5 Å². The standard InChI is InChI=1S/C14H10F2N4/c1-7-10(5-11(15)13(17)19-7)8-2-3-12-9(4-8)6-18-14(16)20-12/h2-6H,1H3,(H2,17,19). The van der Waals surface area contributed by atoms with Crippen LogP contribution >= 0.6 is 0 Å². The first-order chi connectivity index (χ1) is 9.54. The summed E-state index contributed by atoms with van der Waals surface area (Å²) in [7, 11) is 0. The molecule has 6 heteroatoms. The number of aryl methyl sites for hydroxylation is 1. The number of pyridine rings is 1. The van der Waals surface area contributed by atoms with Gasteiger partial charge in [0.1, 0.15) is 0 Å². The SMILES string of the molecule is Cc1nc(N)c(F)cc1-c1ccc2nc(F)ncc2c1. The highest BCUT2D eigenvalue weighted by atomic mass is 19.1. The zero-order chi connectivity index (χ0) is 14.3. The van der Waals surface area contributed by atoms with Crippen LogP contribution in [0.25, 0.3) is 22.0 Å². The predicted octanol–water partition coefficient (Wildman–Crippen LogP) is 2.86. The maximum absolute atomic E-state index is 13.5. The Labute approximate surface area is 113 Å². The molecule has 0 atom stereocenters. The number of hydrogen-bond donors (Lipinski definition) is 1. The lowest BCUT2D eigenvalue weighted by Gasteiger charge is -2.08. The number of halogens is 2. The second kappa shape index (κ2) is 4.48. The minimum absolute atomic E-state index is 0.127. The van der Waals surface area contributed by atoms with E-state index in [0.717, 1.165) is 5.56 Å². The highest BCUT2D eigenvalue weighted by Crippen LogP contribution is 2.27. The summed E-state index contributed by atoms with van der Waals surface area (Å²) in [4.78, 5) is 11.1. The topological polar surface area (TPSA) is 64.7 Å². The van der Waals surface area contributed by atoms with Crippen LogP contribution < -0.4 is 5.73 Å². The zero-order valence-electron chi connectivity index (χ0n) is 10.6. The average molecular weight is 272 g/mol. The number of hydrogen-bond acceptors (Lipinski definition) is 4. The van der Waals surface area contributed by atoms with Crippen LogP contribution in [-0.4, -0.2) is 15.0 Å². The van der Waals surface area contributed by atoms with Gasteiger partial charge < -0.3 is 5.73 Å². The maximum atomic E-state index is 13.5. The molecular formula is C14H10F2N4. The molecule has 3 aromatic rings. The van der Waals surface area contributed by atoms with Gasteiger partial charge in [0, 0.05) is 22.8 Å². The highest BCUT2D eigenvalue weighted by molar-refractivity contribution is 5.84. The second-order valence-electron chi connectivity index (χ2n) is 4.40. The Hall–Kier alpha value is -2.63. The van der Waals surface area contributed by atoms with Crippen molar-refractivity contribution >= 4 is 16.7 Å². The number of nitrogens with two attached hydrogens (primary N) is 1. The lowest BCUT2D eigenvalue weighted by Crippen LogP contribution is -1.99. The first kappa shape index (κ1) is 12.4. The number of nitrogen functional groups attached to an aromatic ring is 1. The van der Waals surface area contributed by atoms with Gasteiger partial charge in [-0.2, -0.15) is 4.39 Å². The van der Waals surface area contributed by atoms with Crippen LogP contribution in [0.3, 0.4) is 0 Å². The largest absolute Gasteiger partial charge is 0.381 e. The Morgan fingerprint density at radius 3 is 2.70 bits per heavy atom. The van der Waals surface area contributed by atoms with E-state index in [4.69, 9.17) is 5.73 Å². The summed E-state index contributed by atoms with van der Waals surface area (Å²) in [5.74, 6) is -0.696. The molecule has 3 rings (SSSR count). The fourth-order valence-electron chi connectivity index (χ4n) is 2.07. The van der Waals surface area contributed by atoms with E-state index >= 15 is 0 Å². The summed E-state index contributed by atoms with van der Waals surface area (Å²) < 4.78 is 26.5. The van der Waals surface area contributed by atoms with E-state index in [1.54, 1.807) is 25.1 Å². The third-order valence-corrected chi connectivity index (χ3v) is 3.06. The van der Waals surface area contributed by atoms with E-state index in [0.29, 0.717) is 22.2 Å². The Bertz CT molecular complexity index is 818. The minimum Gasteiger partial charge on any atom is -0.381 e. The Kier molecular flexibility index (Phi) is 2.78. The fourth-order valence-corrected chi connectivity index (χ4v) is 2.07. The molecule has 0 saturated carbocycles. The molecule has 0 unspecified atom stereocenters. The molecule has 0 aliphatic heterocycles. The van der Waals surface area contributed by atoms with Gasteiger partial charge in [-0.25, -0.2) is 19.3 Å². The molecule has 0 aliphatic carbocycles. The lowest BCUT2D eigenvalue weighted by molar-refractivity contribution is 0.544. The third-order valence-electron chi connectivity index (χ3n) is 3.06. The van der Waals surface area contributed by atoms with Gasteiger partial charge in [-0.05, 0) is 30.7 Å². The molecule has 1 aromatic carbocycles. The predicted molar refractivity (Wildman–Crippen MR) is 71.8 cm³/mol. The monoisotopic (exact) mass is 272 g/mol. The van der Waals surface area contributed by atoms with Crippen molar-refractivity contribution in [2.75, 3.05) is 5.73 Å². The van der Waals surface area contributed by atoms with E-state index in [1.807, 2.05) is 0 Å². The first-order valence-corrected chi connectivity index (χ1v) is 5.90. The molecule has 0 saturated heterocycles. The van der Waals surface area contributed by atoms with E-state index in [9.17, 15) is 8.78 Å². The van der Waals surface area contributed by atoms with Crippen molar-refractivity contribution in [3.63, 3.8) is 0 Å². The van der Waals surface area contributed by atoms with Crippen molar-refractivity contribution in [2.45, 2.75) is 6.92 Å². The normalized spacial score (nSPS) is 10.9. The van der Waals surface area contributed by atoms with Gasteiger partial charge in [-0.3, -0.25) is 0 Å². The zero-order valence-corrected chi connectivity index (χ0v) is 10.6. The van der Waals surface area contributed by atoms with E-state index in [2.05, 4.69) is 15.0 Å². The molecule has 2 heterocycles. The molecule has 0 fully saturated rings. The second-order valence-corrected chi connectivity index (χ2v) is 4.40. The average Bonchev–Trinajstić information content (AvgIpc) is 2.42. The van der Waals surface area contributed by atoms with Crippen molar-refractivity contribution in [1.29, 1.82) is 0 Å². The van der Waals surface area contributed by atoms with Crippen molar-refractivity contribution in [2.24, 2.45) is 0 Å². The number of aromatic nitrogens is 3. The van der Waals surface area contributed by atoms with Gasteiger partial charge in [0.15, 0.2) is 11.6 Å². The summed E-state index contributed by atoms with van der Waals surface area (Å²) in [6, 6.07) is 6.48. The van der Waals surface area contributed by atoms with Crippen LogP contribution in [-0.2, 0) is 0 Å². The number of rotatable bonds is 1. The smallest absolute Gasteiger partial charge is 0.309 e. The molecule has 100 valence electrons. The summed E-state index contributed by atoms with van der Waals surface area (Å²) in [5, 5.41) is 0.667. The van der Waals surface area contributed by atoms with Crippen LogP contribution in [0.2, 0.25) is 0 Å². The minimum atomic E-state index is -0.776. The summed E-state index contributed by atoms with van der Waals surface area (Å²) in [6.45, 7) is 1.75. The van der Waals surface area contributed by atoms with Gasteiger partial charge >= 0.3 is 6.08 Å². The molecule has 2 aromatic heterocycles. The van der Waals surface area contributed by atoms with Crippen LogP contribution in [0.1, 0.15) is 5.69 Å². The van der Waals surface area contributed by atoms with Gasteiger partial charge in [0.2, 0.25) is 0 Å². The number of nitrogens with zero attached hydrogens (tertiary/aromatic N) is 3. The molecule has 20 heavy (non-hydrogen) atoms. The van der Waals surface area contributed by atoms with E-state index in [-0.39, 0.29) is 5.82 Å². The van der Waals surface area contributed by atoms with Crippen LogP contribution in [0.4, 0.5) is 14.6 Å². The maximum Gasteiger partial charge on any atom is 0.309 e. The third kappa shape index (κ3) is 2.05. The molecule has 0 amide bonds. The van der Waals surface area contributed by atoms with Gasteiger partial charge in [0.05, 0.1) is 5.52 Å². The van der Waals surface area contributed by atoms with Crippen molar-refractivity contribution < 1.29 is 8.78 Å². The van der Waals surface area contributed by atoms with E-state index in [1.165, 1.54) is 12.3 Å². The van der Waals surface area contributed by atoms with Crippen molar-refractivity contribution in [1.82, 2.24) is 15.0 Å². The first-order valence-electron chi connectivity index (χ1n) is 5.90. The summed E-state index contributed by atoms with van der Waals surface area (Å²) in [5.41, 5.74) is 7.91.